The molecule has 0 fully saturated rings. The Kier molecular flexibility index (Phi) is 11.4. The second kappa shape index (κ2) is 19.1. The molecule has 4 heteroatoms. The summed E-state index contributed by atoms with van der Waals surface area (Å²) >= 11 is 0. The molecule has 2 atom stereocenters. The van der Waals surface area contributed by atoms with E-state index in [4.69, 9.17) is 9.47 Å². The van der Waals surface area contributed by atoms with Gasteiger partial charge in [0.05, 0.1) is 36.5 Å². The van der Waals surface area contributed by atoms with Crippen molar-refractivity contribution in [1.29, 1.82) is 0 Å². The molecule has 1 heterocycles. The quantitative estimate of drug-likeness (QED) is 0.115. The van der Waals surface area contributed by atoms with Crippen LogP contribution in [0.1, 0.15) is 70.6 Å². The second-order valence-electron chi connectivity index (χ2n) is 22.3. The maximum Gasteiger partial charge on any atom is 0.0872 e. The lowest BCUT2D eigenvalue weighted by molar-refractivity contribution is 0.0217. The molecule has 0 amide bonds. The van der Waals surface area contributed by atoms with E-state index in [9.17, 15) is 0 Å². The van der Waals surface area contributed by atoms with Crippen LogP contribution in [0.3, 0.4) is 0 Å². The average Bonchev–Trinajstić information content (AvgIpc) is 4.05. The number of hydrogen-bond donors (Lipinski definition) is 0. The molecule has 4 nitrogen and oxygen atoms in total. The van der Waals surface area contributed by atoms with Crippen molar-refractivity contribution in [3.63, 3.8) is 0 Å². The molecule has 380 valence electrons. The summed E-state index contributed by atoms with van der Waals surface area (Å²) in [6.45, 7) is 5.87. The highest BCUT2D eigenvalue weighted by atomic mass is 16.5. The second-order valence-corrected chi connectivity index (χ2v) is 22.3. The number of rotatable bonds is 13. The van der Waals surface area contributed by atoms with Crippen molar-refractivity contribution in [2.45, 2.75) is 57.5 Å². The summed E-state index contributed by atoms with van der Waals surface area (Å²) in [5.74, 6) is 0. The van der Waals surface area contributed by atoms with Gasteiger partial charge in [-0.25, -0.2) is 0 Å². The van der Waals surface area contributed by atoms with Gasteiger partial charge in [0.2, 0.25) is 0 Å². The number of hydrogen-bond acceptors (Lipinski definition) is 3. The molecular formula is C75H58N2O2. The number of nitrogens with zero attached hydrogens (tertiary/aromatic N) is 2. The predicted octanol–water partition coefficient (Wildman–Crippen LogP) is 19.2. The number of fused-ring (bicyclic) bond motifs is 8. The zero-order valence-corrected chi connectivity index (χ0v) is 44.4. The Balaban J connectivity index is 0.763. The van der Waals surface area contributed by atoms with Crippen LogP contribution >= 0.6 is 0 Å². The van der Waals surface area contributed by atoms with Gasteiger partial charge in [0.15, 0.2) is 0 Å². The SMILES string of the molecule is CC1(C)c2cc(-c3cc(COC4Cc5ccccc54)cc(COC4Cc5ccccc54)c3)ccc2-c2ccc(N(c3ccc(-c4ccccc4)cc3)c3ccc(-c4ccc5c(c4)c4ccccc4n5-c4ccccc4)cc3)cc21. The standard InChI is InChI=1S/C75H58N2O2/c1-75(2)69-43-55(58-40-49(47-78-73-44-56-17-9-11-21-63(56)73)39-50(41-58)48-79-74-45-57-18-10-12-22-64(57)74)29-36-65(69)66-37-35-62(46-70(66)75)76(60-31-25-52(26-32-60)51-15-5-3-6-16-51)61-33-27-53(28-34-61)54-30-38-72-68(42-54)67-23-13-14-24-71(67)77(72)59-19-7-4-8-20-59/h3-43,46,73-74H,44-45,47-48H2,1-2H3. The number of anilines is 3. The maximum atomic E-state index is 6.63. The van der Waals surface area contributed by atoms with Gasteiger partial charge in [-0.15, -0.1) is 0 Å². The van der Waals surface area contributed by atoms with Crippen molar-refractivity contribution in [2.75, 3.05) is 4.90 Å². The Morgan fingerprint density at radius 2 is 0.873 bits per heavy atom. The van der Waals surface area contributed by atoms with Gasteiger partial charge < -0.3 is 18.9 Å². The molecule has 0 aliphatic heterocycles. The van der Waals surface area contributed by atoms with Gasteiger partial charge in [-0.1, -0.05) is 184 Å². The minimum Gasteiger partial charge on any atom is -0.368 e. The van der Waals surface area contributed by atoms with E-state index in [-0.39, 0.29) is 17.6 Å². The van der Waals surface area contributed by atoms with Crippen molar-refractivity contribution in [2.24, 2.45) is 0 Å². The summed E-state index contributed by atoms with van der Waals surface area (Å²) in [5, 5.41) is 2.49. The number of benzene rings is 11. The fraction of sp³-hybridized carbons (Fsp3) is 0.120. The summed E-state index contributed by atoms with van der Waals surface area (Å²) < 4.78 is 15.6. The first-order chi connectivity index (χ1) is 38.9. The lowest BCUT2D eigenvalue weighted by Crippen LogP contribution is -2.20. The summed E-state index contributed by atoms with van der Waals surface area (Å²) in [5.41, 5.74) is 26.7. The lowest BCUT2D eigenvalue weighted by atomic mass is 9.81. The normalized spacial score (nSPS) is 15.4. The minimum absolute atomic E-state index is 0.126. The molecule has 15 rings (SSSR count). The van der Waals surface area contributed by atoms with Gasteiger partial charge in [-0.05, 0) is 174 Å². The molecule has 0 saturated heterocycles. The molecule has 3 aliphatic carbocycles. The molecule has 0 bridgehead atoms. The molecule has 2 unspecified atom stereocenters. The van der Waals surface area contributed by atoms with E-state index in [0.29, 0.717) is 13.2 Å². The van der Waals surface area contributed by atoms with Crippen molar-refractivity contribution < 1.29 is 9.47 Å². The zero-order chi connectivity index (χ0) is 52.6. The first-order valence-corrected chi connectivity index (χ1v) is 27.8. The Hall–Kier alpha value is -9.06. The van der Waals surface area contributed by atoms with E-state index in [1.54, 1.807) is 0 Å². The summed E-state index contributed by atoms with van der Waals surface area (Å²) in [6.07, 6.45) is 2.17. The molecule has 12 aromatic rings. The predicted molar refractivity (Wildman–Crippen MR) is 325 cm³/mol. The number of aromatic nitrogens is 1. The molecule has 11 aromatic carbocycles. The number of ether oxygens (including phenoxy) is 2. The summed E-state index contributed by atoms with van der Waals surface area (Å²) in [7, 11) is 0. The van der Waals surface area contributed by atoms with Crippen molar-refractivity contribution in [3.05, 3.63) is 299 Å². The van der Waals surface area contributed by atoms with Crippen LogP contribution in [0.4, 0.5) is 17.1 Å². The molecule has 79 heavy (non-hydrogen) atoms. The maximum absolute atomic E-state index is 6.63. The van der Waals surface area contributed by atoms with Crippen molar-refractivity contribution >= 4 is 38.9 Å². The van der Waals surface area contributed by atoms with E-state index >= 15 is 0 Å². The van der Waals surface area contributed by atoms with Crippen molar-refractivity contribution in [3.8, 4) is 50.2 Å². The van der Waals surface area contributed by atoms with E-state index < -0.39 is 0 Å². The van der Waals surface area contributed by atoms with E-state index in [1.807, 2.05) is 0 Å². The van der Waals surface area contributed by atoms with Crippen LogP contribution in [-0.2, 0) is 40.9 Å². The smallest absolute Gasteiger partial charge is 0.0872 e. The van der Waals surface area contributed by atoms with Crippen LogP contribution in [0.5, 0.6) is 0 Å². The van der Waals surface area contributed by atoms with Gasteiger partial charge in [0, 0.05) is 51.8 Å². The summed E-state index contributed by atoms with van der Waals surface area (Å²) in [6, 6.07) is 93.6. The third kappa shape index (κ3) is 8.30. The largest absolute Gasteiger partial charge is 0.368 e. The van der Waals surface area contributed by atoms with Crippen LogP contribution in [0.15, 0.2) is 255 Å². The fourth-order valence-electron chi connectivity index (χ4n) is 12.9. The first-order valence-electron chi connectivity index (χ1n) is 27.8. The third-order valence-electron chi connectivity index (χ3n) is 17.2. The molecule has 3 aliphatic rings. The van der Waals surface area contributed by atoms with Crippen LogP contribution in [0.25, 0.3) is 72.0 Å². The van der Waals surface area contributed by atoms with Crippen LogP contribution in [-0.4, -0.2) is 4.57 Å². The Morgan fingerprint density at radius 1 is 0.392 bits per heavy atom. The molecule has 1 aromatic heterocycles. The van der Waals surface area contributed by atoms with Gasteiger partial charge in [-0.2, -0.15) is 0 Å². The van der Waals surface area contributed by atoms with Crippen molar-refractivity contribution in [1.82, 2.24) is 4.57 Å². The molecule has 0 radical (unpaired) electrons. The Morgan fingerprint density at radius 3 is 1.52 bits per heavy atom. The van der Waals surface area contributed by atoms with Gasteiger partial charge >= 0.3 is 0 Å². The van der Waals surface area contributed by atoms with Gasteiger partial charge in [0.25, 0.3) is 0 Å². The van der Waals surface area contributed by atoms with Gasteiger partial charge in [0.1, 0.15) is 0 Å². The first kappa shape index (κ1) is 47.2. The number of para-hydroxylation sites is 2. The third-order valence-corrected chi connectivity index (χ3v) is 17.2. The van der Waals surface area contributed by atoms with Crippen LogP contribution in [0.2, 0.25) is 0 Å². The zero-order valence-electron chi connectivity index (χ0n) is 44.4. The highest BCUT2D eigenvalue weighted by Crippen LogP contribution is 2.52. The molecular weight excluding hydrogens is 961 g/mol. The van der Waals surface area contributed by atoms with E-state index in [1.165, 1.54) is 111 Å². The molecule has 0 saturated carbocycles. The lowest BCUT2D eigenvalue weighted by Gasteiger charge is -2.30. The minimum atomic E-state index is -0.270. The highest BCUT2D eigenvalue weighted by Gasteiger charge is 2.37. The van der Waals surface area contributed by atoms with E-state index in [2.05, 4.69) is 278 Å². The van der Waals surface area contributed by atoms with Crippen LogP contribution in [0, 0.1) is 0 Å². The van der Waals surface area contributed by atoms with Gasteiger partial charge in [-0.3, -0.25) is 0 Å². The molecule has 0 spiro atoms. The topological polar surface area (TPSA) is 26.6 Å². The summed E-state index contributed by atoms with van der Waals surface area (Å²) in [4.78, 5) is 2.42. The fourth-order valence-corrected chi connectivity index (χ4v) is 12.9. The Labute approximate surface area is 462 Å². The Bertz CT molecular complexity index is 4210. The highest BCUT2D eigenvalue weighted by molar-refractivity contribution is 6.10. The van der Waals surface area contributed by atoms with E-state index in [0.717, 1.165) is 35.6 Å². The monoisotopic (exact) mass is 1020 g/mol. The average molecular weight is 1020 g/mol. The van der Waals surface area contributed by atoms with Crippen LogP contribution < -0.4 is 4.90 Å². The molecule has 0 N–H and O–H groups in total.